The fourth-order valence-corrected chi connectivity index (χ4v) is 1.85. The van der Waals surface area contributed by atoms with Gasteiger partial charge < -0.3 is 14.6 Å². The molecule has 5 nitrogen and oxygen atoms in total. The maximum absolute atomic E-state index is 10.2. The average Bonchev–Trinajstić information content (AvgIpc) is 2.24. The first-order valence-corrected chi connectivity index (χ1v) is 4.80. The number of rotatable bonds is 3. The van der Waals surface area contributed by atoms with Gasteiger partial charge in [0, 0.05) is 32.3 Å². The molecule has 5 heteroatoms. The van der Waals surface area contributed by atoms with Gasteiger partial charge in [-0.05, 0) is 0 Å². The number of aromatic nitrogens is 2. The van der Waals surface area contributed by atoms with Crippen LogP contribution in [-0.4, -0.2) is 35.4 Å². The zero-order valence-electron chi connectivity index (χ0n) is 8.80. The molecule has 0 atom stereocenters. The lowest BCUT2D eigenvalue weighted by atomic mass is 9.75. The third kappa shape index (κ3) is 1.68. The summed E-state index contributed by atoms with van der Waals surface area (Å²) in [6.45, 7) is 0. The zero-order chi connectivity index (χ0) is 10.9. The van der Waals surface area contributed by atoms with Gasteiger partial charge in [-0.1, -0.05) is 0 Å². The van der Waals surface area contributed by atoms with E-state index in [9.17, 15) is 5.11 Å². The van der Waals surface area contributed by atoms with Crippen LogP contribution >= 0.6 is 0 Å². The lowest BCUT2D eigenvalue weighted by Gasteiger charge is -2.42. The third-order valence-corrected chi connectivity index (χ3v) is 2.76. The van der Waals surface area contributed by atoms with Crippen molar-refractivity contribution in [2.75, 3.05) is 14.2 Å². The Balaban J connectivity index is 2.23. The molecule has 0 aliphatic heterocycles. The Morgan fingerprint density at radius 3 is 2.60 bits per heavy atom. The second-order valence-electron chi connectivity index (χ2n) is 3.71. The highest BCUT2D eigenvalue weighted by atomic mass is 16.5. The van der Waals surface area contributed by atoms with Gasteiger partial charge in [-0.25, -0.2) is 4.98 Å². The van der Waals surface area contributed by atoms with E-state index < -0.39 is 5.60 Å². The van der Waals surface area contributed by atoms with Crippen molar-refractivity contribution < 1.29 is 14.6 Å². The van der Waals surface area contributed by atoms with Crippen LogP contribution in [0.5, 0.6) is 5.88 Å². The van der Waals surface area contributed by atoms with Crippen molar-refractivity contribution in [2.24, 2.45) is 0 Å². The van der Waals surface area contributed by atoms with Crippen molar-refractivity contribution in [3.63, 3.8) is 0 Å². The van der Waals surface area contributed by atoms with Gasteiger partial charge in [-0.2, -0.15) is 0 Å². The first-order valence-electron chi connectivity index (χ1n) is 4.80. The molecule has 1 aliphatic carbocycles. The fourth-order valence-electron chi connectivity index (χ4n) is 1.85. The normalized spacial score (nSPS) is 29.7. The van der Waals surface area contributed by atoms with E-state index in [0.29, 0.717) is 24.4 Å². The van der Waals surface area contributed by atoms with Crippen LogP contribution in [0.1, 0.15) is 18.5 Å². The molecule has 82 valence electrons. The smallest absolute Gasteiger partial charge is 0.238 e. The monoisotopic (exact) mass is 210 g/mol. The Morgan fingerprint density at radius 1 is 1.33 bits per heavy atom. The van der Waals surface area contributed by atoms with E-state index in [1.807, 2.05) is 0 Å². The summed E-state index contributed by atoms with van der Waals surface area (Å²) in [6, 6.07) is 0. The zero-order valence-corrected chi connectivity index (χ0v) is 8.80. The van der Waals surface area contributed by atoms with Crippen LogP contribution < -0.4 is 4.74 Å². The Kier molecular flexibility index (Phi) is 2.58. The molecule has 1 heterocycles. The Labute approximate surface area is 88.1 Å². The molecule has 1 saturated carbocycles. The summed E-state index contributed by atoms with van der Waals surface area (Å²) in [5.74, 6) is 0.384. The predicted molar refractivity (Wildman–Crippen MR) is 52.5 cm³/mol. The van der Waals surface area contributed by atoms with Crippen LogP contribution in [-0.2, 0) is 10.3 Å². The lowest BCUT2D eigenvalue weighted by Crippen LogP contribution is -2.46. The first kappa shape index (κ1) is 10.3. The quantitative estimate of drug-likeness (QED) is 0.786. The van der Waals surface area contributed by atoms with Crippen LogP contribution in [0, 0.1) is 0 Å². The second-order valence-corrected chi connectivity index (χ2v) is 3.71. The van der Waals surface area contributed by atoms with Gasteiger partial charge in [0.15, 0.2) is 0 Å². The van der Waals surface area contributed by atoms with Crippen molar-refractivity contribution in [1.29, 1.82) is 0 Å². The van der Waals surface area contributed by atoms with Crippen molar-refractivity contribution >= 4 is 0 Å². The molecule has 15 heavy (non-hydrogen) atoms. The van der Waals surface area contributed by atoms with Crippen molar-refractivity contribution in [3.8, 4) is 5.88 Å². The topological polar surface area (TPSA) is 64.5 Å². The molecule has 1 aromatic rings. The van der Waals surface area contributed by atoms with E-state index >= 15 is 0 Å². The molecule has 1 aromatic heterocycles. The molecule has 1 N–H and O–H groups in total. The number of nitrogens with zero attached hydrogens (tertiary/aromatic N) is 2. The van der Waals surface area contributed by atoms with Crippen molar-refractivity contribution in [2.45, 2.75) is 24.5 Å². The fraction of sp³-hybridized carbons (Fsp3) is 0.600. The molecular weight excluding hydrogens is 196 g/mol. The highest BCUT2D eigenvalue weighted by Gasteiger charge is 2.47. The maximum atomic E-state index is 10.2. The molecule has 0 amide bonds. The number of methoxy groups -OCH3 is 2. The van der Waals surface area contributed by atoms with E-state index in [0.717, 1.165) is 0 Å². The van der Waals surface area contributed by atoms with Gasteiger partial charge in [0.05, 0.1) is 13.2 Å². The summed E-state index contributed by atoms with van der Waals surface area (Å²) in [7, 11) is 3.15. The minimum atomic E-state index is -0.944. The van der Waals surface area contributed by atoms with E-state index in [2.05, 4.69) is 9.97 Å². The van der Waals surface area contributed by atoms with Crippen molar-refractivity contribution in [3.05, 3.63) is 18.1 Å². The van der Waals surface area contributed by atoms with E-state index in [1.165, 1.54) is 13.3 Å². The van der Waals surface area contributed by atoms with E-state index in [1.54, 1.807) is 13.3 Å². The molecule has 1 fully saturated rings. The molecule has 0 spiro atoms. The summed E-state index contributed by atoms with van der Waals surface area (Å²) in [4.78, 5) is 8.13. The average molecular weight is 210 g/mol. The number of hydrogen-bond donors (Lipinski definition) is 1. The van der Waals surface area contributed by atoms with E-state index in [-0.39, 0.29) is 6.10 Å². The molecule has 0 saturated heterocycles. The highest BCUT2D eigenvalue weighted by molar-refractivity contribution is 5.27. The van der Waals surface area contributed by atoms with E-state index in [4.69, 9.17) is 9.47 Å². The minimum absolute atomic E-state index is 0.0988. The minimum Gasteiger partial charge on any atom is -0.480 e. The summed E-state index contributed by atoms with van der Waals surface area (Å²) in [5, 5.41) is 10.2. The summed E-state index contributed by atoms with van der Waals surface area (Å²) in [5.41, 5.74) is -0.443. The molecule has 0 radical (unpaired) electrons. The van der Waals surface area contributed by atoms with Gasteiger partial charge in [0.25, 0.3) is 0 Å². The Morgan fingerprint density at radius 2 is 2.00 bits per heavy atom. The molecule has 2 rings (SSSR count). The number of ether oxygens (including phenoxy) is 2. The lowest BCUT2D eigenvalue weighted by molar-refractivity contribution is -0.136. The molecule has 0 unspecified atom stereocenters. The first-order chi connectivity index (χ1) is 7.19. The highest BCUT2D eigenvalue weighted by Crippen LogP contribution is 2.44. The molecule has 0 aromatic carbocycles. The van der Waals surface area contributed by atoms with Gasteiger partial charge in [0.2, 0.25) is 5.88 Å². The molecule has 1 aliphatic rings. The third-order valence-electron chi connectivity index (χ3n) is 2.76. The Bertz CT molecular complexity index is 350. The SMILES string of the molecule is COc1nccnc1C1(O)CC(OC)C1. The number of hydrogen-bond acceptors (Lipinski definition) is 5. The largest absolute Gasteiger partial charge is 0.480 e. The van der Waals surface area contributed by atoms with Crippen LogP contribution in [0.4, 0.5) is 0 Å². The summed E-state index contributed by atoms with van der Waals surface area (Å²) >= 11 is 0. The molecular formula is C10H14N2O3. The van der Waals surface area contributed by atoms with Crippen molar-refractivity contribution in [1.82, 2.24) is 9.97 Å². The van der Waals surface area contributed by atoms with Crippen LogP contribution in [0.15, 0.2) is 12.4 Å². The van der Waals surface area contributed by atoms with Gasteiger partial charge >= 0.3 is 0 Å². The standard InChI is InChI=1S/C10H14N2O3/c1-14-7-5-10(13,6-7)8-9(15-2)12-4-3-11-8/h3-4,7,13H,5-6H2,1-2H3. The van der Waals surface area contributed by atoms with Crippen LogP contribution in [0.25, 0.3) is 0 Å². The summed E-state index contributed by atoms with van der Waals surface area (Å²) < 4.78 is 10.2. The van der Waals surface area contributed by atoms with Crippen LogP contribution in [0.2, 0.25) is 0 Å². The molecule has 0 bridgehead atoms. The number of aliphatic hydroxyl groups is 1. The van der Waals surface area contributed by atoms with Crippen LogP contribution in [0.3, 0.4) is 0 Å². The van der Waals surface area contributed by atoms with Gasteiger partial charge in [0.1, 0.15) is 11.3 Å². The second kappa shape index (κ2) is 3.75. The van der Waals surface area contributed by atoms with Gasteiger partial charge in [-0.3, -0.25) is 4.98 Å². The predicted octanol–water partition coefficient (Wildman–Crippen LogP) is 0.482. The maximum Gasteiger partial charge on any atom is 0.238 e. The summed E-state index contributed by atoms with van der Waals surface area (Å²) in [6.07, 6.45) is 4.27. The van der Waals surface area contributed by atoms with Gasteiger partial charge in [-0.15, -0.1) is 0 Å². The Hall–Kier alpha value is -1.20.